The molecule has 12 heterocycles. The van der Waals surface area contributed by atoms with Crippen LogP contribution in [-0.4, -0.2) is 222 Å². The molecule has 4 saturated heterocycles. The van der Waals surface area contributed by atoms with Crippen molar-refractivity contribution in [1.29, 1.82) is 21.0 Å². The summed E-state index contributed by atoms with van der Waals surface area (Å²) in [7, 11) is 7.05. The van der Waals surface area contributed by atoms with Gasteiger partial charge in [0.15, 0.2) is 11.6 Å². The van der Waals surface area contributed by atoms with Crippen LogP contribution in [-0.2, 0) is 37.7 Å². The van der Waals surface area contributed by atoms with E-state index in [9.17, 15) is 31.3 Å². The third-order valence-corrected chi connectivity index (χ3v) is 22.3. The molecule has 134 heavy (non-hydrogen) atoms. The number of nitrogens with zero attached hydrogens (tertiary/aromatic N) is 32. The zero-order chi connectivity index (χ0) is 92.2. The van der Waals surface area contributed by atoms with Crippen molar-refractivity contribution < 1.29 is 19.7 Å². The summed E-state index contributed by atoms with van der Waals surface area (Å²) in [6, 6.07) is 70.3. The third kappa shape index (κ3) is 22.1. The Morgan fingerprint density at radius 3 is 0.948 bits per heavy atom. The number of anilines is 12. The van der Waals surface area contributed by atoms with Gasteiger partial charge in [0.1, 0.15) is 12.1 Å². The Balaban J connectivity index is 0.000000124. The highest BCUT2D eigenvalue weighted by Gasteiger charge is 2.25. The van der Waals surface area contributed by atoms with Gasteiger partial charge in [0, 0.05) is 170 Å². The molecule has 8 aromatic heterocycles. The Labute approximate surface area is 768 Å². The van der Waals surface area contributed by atoms with Crippen LogP contribution < -0.4 is 40.9 Å². The number of benzene rings is 8. The SMILES string of the molecule is Cn1nnc(-c2ccc(Nc3nccc(-c4cc(C#N)cc(N5CCOCC5)c4)n3)cc2)n1.Cn1nnc(-c2ccc(Nc3nccc(-c4ccc(N5CCC(O)CC5)c(C#N)c4)n3)cc2)n1.Cn1nnnc1-c1ccc(Nc2nccc(-c3cc(C#N)cc(N4CCOCC4)c3)n2)cc1.Cn1nnnc1-c1ccc(Nc2nccc(-c3ccc(N4CCC(O)CC4)c(C#N)c3)n2)cc1. The van der Waals surface area contributed by atoms with E-state index in [0.29, 0.717) is 121 Å². The van der Waals surface area contributed by atoms with Crippen molar-refractivity contribution in [3.05, 3.63) is 241 Å². The van der Waals surface area contributed by atoms with E-state index in [4.69, 9.17) is 9.47 Å². The average Bonchev–Trinajstić information content (AvgIpc) is 1.34. The molecule has 4 fully saturated rings. The Hall–Kier alpha value is -17.4. The molecule has 0 bridgehead atoms. The fraction of sp³-hybridized carbons (Fsp3) is 0.234. The maximum absolute atomic E-state index is 9.77. The summed E-state index contributed by atoms with van der Waals surface area (Å²) in [5, 5.41) is 118. The molecule has 4 aliphatic heterocycles. The largest absolute Gasteiger partial charge is 0.393 e. The van der Waals surface area contributed by atoms with Crippen molar-refractivity contribution in [2.24, 2.45) is 28.2 Å². The summed E-state index contributed by atoms with van der Waals surface area (Å²) in [5.74, 6) is 4.34. The highest BCUT2D eigenvalue weighted by Crippen LogP contribution is 2.36. The van der Waals surface area contributed by atoms with E-state index in [1.54, 1.807) is 62.3 Å². The summed E-state index contributed by atoms with van der Waals surface area (Å²) in [6.07, 6.45) is 9.13. The number of ether oxygens (including phenoxy) is 2. The number of piperidine rings is 2. The van der Waals surface area contributed by atoms with Gasteiger partial charge in [-0.1, -0.05) is 12.1 Å². The summed E-state index contributed by atoms with van der Waals surface area (Å²) in [4.78, 5) is 47.6. The second kappa shape index (κ2) is 41.8. The number of nitriles is 4. The summed E-state index contributed by atoms with van der Waals surface area (Å²) >= 11 is 0. The third-order valence-electron chi connectivity index (χ3n) is 22.3. The lowest BCUT2D eigenvalue weighted by Gasteiger charge is -2.32. The molecule has 0 radical (unpaired) electrons. The molecule has 0 aliphatic carbocycles. The molecule has 0 saturated carbocycles. The number of morpholine rings is 2. The van der Waals surface area contributed by atoms with Gasteiger partial charge in [0.05, 0.1) is 121 Å². The van der Waals surface area contributed by atoms with Crippen molar-refractivity contribution >= 4 is 69.3 Å². The molecular weight excluding hydrogens is 1700 g/mol. The number of aliphatic hydroxyl groups excluding tert-OH is 2. The molecular formula is C94H88N36O4. The lowest BCUT2D eigenvalue weighted by molar-refractivity contribution is 0.122. The quantitative estimate of drug-likeness (QED) is 0.0413. The molecule has 6 N–H and O–H groups in total. The van der Waals surface area contributed by atoms with Gasteiger partial charge in [-0.2, -0.15) is 30.6 Å². The van der Waals surface area contributed by atoms with Crippen LogP contribution >= 0.6 is 0 Å². The van der Waals surface area contributed by atoms with E-state index in [2.05, 4.69) is 179 Å². The molecule has 40 nitrogen and oxygen atoms in total. The van der Waals surface area contributed by atoms with E-state index in [0.717, 1.165) is 165 Å². The molecule has 668 valence electrons. The number of nitrogens with one attached hydrogen (secondary N) is 4. The Bertz CT molecular complexity index is 6930. The number of rotatable bonds is 20. The Kier molecular flexibility index (Phi) is 27.6. The molecule has 20 rings (SSSR count). The van der Waals surface area contributed by atoms with Gasteiger partial charge in [-0.3, -0.25) is 0 Å². The highest BCUT2D eigenvalue weighted by molar-refractivity contribution is 5.76. The van der Waals surface area contributed by atoms with Gasteiger partial charge >= 0.3 is 0 Å². The Morgan fingerprint density at radius 1 is 0.328 bits per heavy atom. The predicted octanol–water partition coefficient (Wildman–Crippen LogP) is 11.4. The first-order valence-corrected chi connectivity index (χ1v) is 43.0. The fourth-order valence-electron chi connectivity index (χ4n) is 15.4. The maximum Gasteiger partial charge on any atom is 0.227 e. The smallest absolute Gasteiger partial charge is 0.227 e. The van der Waals surface area contributed by atoms with Crippen molar-refractivity contribution in [2.75, 3.05) is 120 Å². The topological polar surface area (TPSA) is 493 Å². The highest BCUT2D eigenvalue weighted by atomic mass is 16.5. The standard InChI is InChI=1S/2C24H23N9O.2C23H21N9O/c1-32-23(29-30-31-32)16-2-5-19(6-3-16)27-24-26-11-8-21(28-24)17-4-7-22(18(14-17)15-25)33-12-9-20(34)10-13-33;1-32-30-23(29-31-32)16-2-5-19(6-3-16)27-24-26-11-8-21(28-24)17-4-7-22(18(14-17)15-25)33-12-9-20(34)10-13-33;1-31-22(28-29-30-31)17-2-4-19(5-3-17)26-23-25-7-6-21(27-23)18-12-16(15-24)13-20(14-18)32-8-10-33-11-9-32;1-31-29-22(28-30-31)17-2-4-19(5-3-17)26-23-25-7-6-21(27-23)18-12-16(15-24)13-20(14-18)32-8-10-33-11-9-32/h2*2-8,11,14,20,34H,9-10,12-13H2,1H3,(H,26,27,28);2*2-7,12-14H,8-11H2,1H3,(H,25,26,27). The summed E-state index contributed by atoms with van der Waals surface area (Å²) in [6.45, 7) is 8.86. The van der Waals surface area contributed by atoms with Gasteiger partial charge in [0.2, 0.25) is 35.4 Å². The van der Waals surface area contributed by atoms with Crippen molar-refractivity contribution in [1.82, 2.24) is 121 Å². The van der Waals surface area contributed by atoms with Gasteiger partial charge in [-0.05, 0) is 239 Å². The van der Waals surface area contributed by atoms with Crippen LogP contribution in [0.3, 0.4) is 0 Å². The summed E-state index contributed by atoms with van der Waals surface area (Å²) in [5.41, 5.74) is 19.3. The number of aryl methyl sites for hydroxylation is 4. The first-order chi connectivity index (χ1) is 65.6. The molecule has 0 atom stereocenters. The van der Waals surface area contributed by atoms with Crippen molar-refractivity contribution in [3.63, 3.8) is 0 Å². The maximum atomic E-state index is 9.77. The molecule has 8 aromatic carbocycles. The van der Waals surface area contributed by atoms with Crippen LogP contribution in [0.1, 0.15) is 47.9 Å². The molecule has 16 aromatic rings. The van der Waals surface area contributed by atoms with Crippen LogP contribution in [0.5, 0.6) is 0 Å². The van der Waals surface area contributed by atoms with Gasteiger partial charge in [-0.15, -0.1) is 30.6 Å². The minimum atomic E-state index is -0.257. The summed E-state index contributed by atoms with van der Waals surface area (Å²) < 4.78 is 14.1. The second-order valence-corrected chi connectivity index (χ2v) is 31.4. The van der Waals surface area contributed by atoms with E-state index in [1.807, 2.05) is 182 Å². The van der Waals surface area contributed by atoms with Crippen LogP contribution in [0, 0.1) is 45.3 Å². The first-order valence-electron chi connectivity index (χ1n) is 43.0. The molecule has 0 unspecified atom stereocenters. The molecule has 0 spiro atoms. The van der Waals surface area contributed by atoms with Gasteiger partial charge in [0.25, 0.3) is 0 Å². The Morgan fingerprint density at radius 2 is 0.649 bits per heavy atom. The zero-order valence-electron chi connectivity index (χ0n) is 73.3. The lowest BCUT2D eigenvalue weighted by Crippen LogP contribution is -2.36. The number of aromatic nitrogens is 24. The number of hydrogen-bond acceptors (Lipinski definition) is 36. The molecule has 40 heteroatoms. The van der Waals surface area contributed by atoms with Gasteiger partial charge < -0.3 is 60.6 Å². The van der Waals surface area contributed by atoms with E-state index in [-0.39, 0.29) is 12.2 Å². The molecule has 0 amide bonds. The van der Waals surface area contributed by atoms with Crippen molar-refractivity contribution in [3.8, 4) is 115 Å². The van der Waals surface area contributed by atoms with Crippen LogP contribution in [0.2, 0.25) is 0 Å². The van der Waals surface area contributed by atoms with Crippen LogP contribution in [0.15, 0.2) is 219 Å². The van der Waals surface area contributed by atoms with Crippen LogP contribution in [0.25, 0.3) is 90.6 Å². The minimum absolute atomic E-state index is 0.256. The molecule has 4 aliphatic rings. The normalized spacial score (nSPS) is 13.8. The monoisotopic (exact) mass is 1780 g/mol. The van der Waals surface area contributed by atoms with Crippen molar-refractivity contribution in [2.45, 2.75) is 37.9 Å². The fourth-order valence-corrected chi connectivity index (χ4v) is 15.4. The predicted molar refractivity (Wildman–Crippen MR) is 500 cm³/mol. The average molecular weight is 1790 g/mol. The van der Waals surface area contributed by atoms with E-state index >= 15 is 0 Å². The second-order valence-electron chi connectivity index (χ2n) is 31.4. The number of tetrazole rings is 4. The van der Waals surface area contributed by atoms with E-state index in [1.165, 1.54) is 9.59 Å². The first kappa shape index (κ1) is 88.6. The van der Waals surface area contributed by atoms with E-state index < -0.39 is 0 Å². The zero-order valence-corrected chi connectivity index (χ0v) is 73.3. The number of aliphatic hydroxyl groups is 2. The van der Waals surface area contributed by atoms with Gasteiger partial charge in [-0.25, -0.2) is 49.2 Å². The minimum Gasteiger partial charge on any atom is -0.393 e. The number of hydrogen-bond donors (Lipinski definition) is 6. The lowest BCUT2D eigenvalue weighted by atomic mass is 10.0. The van der Waals surface area contributed by atoms with Crippen LogP contribution in [0.4, 0.5) is 69.3 Å².